The summed E-state index contributed by atoms with van der Waals surface area (Å²) in [5, 5.41) is 0. The highest BCUT2D eigenvalue weighted by Crippen LogP contribution is 2.11. The molecular formula is C8H13NO2. The zero-order valence-electron chi connectivity index (χ0n) is 6.96. The van der Waals surface area contributed by atoms with Crippen molar-refractivity contribution in [1.29, 1.82) is 0 Å². The SMILES string of the molecule is CC(=O)[C@H]1CN(C)CCC1=O. The fraction of sp³-hybridized carbons (Fsp3) is 0.750. The molecule has 1 heterocycles. The lowest BCUT2D eigenvalue weighted by Crippen LogP contribution is -2.41. The van der Waals surface area contributed by atoms with Crippen LogP contribution in [-0.2, 0) is 9.59 Å². The van der Waals surface area contributed by atoms with E-state index in [0.717, 1.165) is 6.54 Å². The first-order valence-corrected chi connectivity index (χ1v) is 3.83. The molecule has 3 nitrogen and oxygen atoms in total. The molecule has 1 aliphatic rings. The van der Waals surface area contributed by atoms with Crippen molar-refractivity contribution >= 4 is 11.6 Å². The van der Waals surface area contributed by atoms with Gasteiger partial charge in [-0.15, -0.1) is 0 Å². The van der Waals surface area contributed by atoms with E-state index in [4.69, 9.17) is 0 Å². The molecule has 0 aromatic heterocycles. The number of piperidine rings is 1. The average Bonchev–Trinajstić information content (AvgIpc) is 1.94. The molecule has 0 unspecified atom stereocenters. The maximum atomic E-state index is 11.1. The zero-order chi connectivity index (χ0) is 8.43. The summed E-state index contributed by atoms with van der Waals surface area (Å²) in [6, 6.07) is 0. The number of hydrogen-bond acceptors (Lipinski definition) is 3. The third-order valence-corrected chi connectivity index (χ3v) is 2.11. The molecule has 3 heteroatoms. The van der Waals surface area contributed by atoms with Crippen LogP contribution in [0.25, 0.3) is 0 Å². The van der Waals surface area contributed by atoms with E-state index in [1.165, 1.54) is 6.92 Å². The van der Waals surface area contributed by atoms with Gasteiger partial charge in [-0.05, 0) is 14.0 Å². The van der Waals surface area contributed by atoms with Crippen molar-refractivity contribution in [2.45, 2.75) is 13.3 Å². The molecule has 1 aliphatic heterocycles. The Morgan fingerprint density at radius 3 is 2.73 bits per heavy atom. The van der Waals surface area contributed by atoms with E-state index in [9.17, 15) is 9.59 Å². The van der Waals surface area contributed by atoms with Gasteiger partial charge in [-0.25, -0.2) is 0 Å². The van der Waals surface area contributed by atoms with E-state index in [-0.39, 0.29) is 17.5 Å². The minimum atomic E-state index is -0.353. The molecule has 1 saturated heterocycles. The smallest absolute Gasteiger partial charge is 0.145 e. The summed E-state index contributed by atoms with van der Waals surface area (Å²) in [5.41, 5.74) is 0. The summed E-state index contributed by atoms with van der Waals surface area (Å²) in [6.07, 6.45) is 0.529. The second-order valence-electron chi connectivity index (χ2n) is 3.14. The largest absolute Gasteiger partial charge is 0.305 e. The molecule has 0 aromatic rings. The van der Waals surface area contributed by atoms with Gasteiger partial charge in [-0.1, -0.05) is 0 Å². The lowest BCUT2D eigenvalue weighted by molar-refractivity contribution is -0.134. The monoisotopic (exact) mass is 155 g/mol. The van der Waals surface area contributed by atoms with Crippen molar-refractivity contribution in [2.24, 2.45) is 5.92 Å². The van der Waals surface area contributed by atoms with Crippen LogP contribution in [0.4, 0.5) is 0 Å². The summed E-state index contributed by atoms with van der Waals surface area (Å²) in [5.74, 6) is -0.245. The van der Waals surface area contributed by atoms with Crippen molar-refractivity contribution in [3.63, 3.8) is 0 Å². The third-order valence-electron chi connectivity index (χ3n) is 2.11. The van der Waals surface area contributed by atoms with E-state index < -0.39 is 0 Å². The average molecular weight is 155 g/mol. The number of ketones is 2. The van der Waals surface area contributed by atoms with Crippen LogP contribution in [0, 0.1) is 5.92 Å². The van der Waals surface area contributed by atoms with Gasteiger partial charge in [0.25, 0.3) is 0 Å². The fourth-order valence-electron chi connectivity index (χ4n) is 1.34. The first kappa shape index (κ1) is 8.40. The molecule has 0 aliphatic carbocycles. The molecule has 1 atom stereocenters. The van der Waals surface area contributed by atoms with Gasteiger partial charge in [0.1, 0.15) is 11.6 Å². The Kier molecular flexibility index (Phi) is 2.39. The van der Waals surface area contributed by atoms with Gasteiger partial charge in [-0.3, -0.25) is 9.59 Å². The van der Waals surface area contributed by atoms with Gasteiger partial charge in [0.15, 0.2) is 0 Å². The van der Waals surface area contributed by atoms with Crippen LogP contribution >= 0.6 is 0 Å². The van der Waals surface area contributed by atoms with Crippen molar-refractivity contribution in [3.8, 4) is 0 Å². The lowest BCUT2D eigenvalue weighted by atomic mass is 9.94. The first-order valence-electron chi connectivity index (χ1n) is 3.83. The topological polar surface area (TPSA) is 37.4 Å². The minimum Gasteiger partial charge on any atom is -0.305 e. The minimum absolute atomic E-state index is 0.00144. The van der Waals surface area contributed by atoms with Crippen molar-refractivity contribution < 1.29 is 9.59 Å². The third kappa shape index (κ3) is 1.87. The maximum absolute atomic E-state index is 11.1. The predicted octanol–water partition coefficient (Wildman–Crippen LogP) is 0.0962. The molecule has 1 fully saturated rings. The van der Waals surface area contributed by atoms with Crippen LogP contribution in [0.5, 0.6) is 0 Å². The lowest BCUT2D eigenvalue weighted by Gasteiger charge is -2.26. The van der Waals surface area contributed by atoms with Gasteiger partial charge < -0.3 is 4.90 Å². The van der Waals surface area contributed by atoms with Gasteiger partial charge in [0.2, 0.25) is 0 Å². The van der Waals surface area contributed by atoms with Crippen LogP contribution in [0.15, 0.2) is 0 Å². The second-order valence-corrected chi connectivity index (χ2v) is 3.14. The molecule has 62 valence electrons. The zero-order valence-corrected chi connectivity index (χ0v) is 6.96. The number of Topliss-reactive ketones (excluding diaryl/α,β-unsaturated/α-hetero) is 2. The number of likely N-dealkylation sites (tertiary alicyclic amines) is 1. The molecule has 0 saturated carbocycles. The molecular weight excluding hydrogens is 142 g/mol. The Hall–Kier alpha value is -0.700. The quantitative estimate of drug-likeness (QED) is 0.504. The highest BCUT2D eigenvalue weighted by atomic mass is 16.1. The number of carbonyl (C=O) groups excluding carboxylic acids is 2. The number of hydrogen-bond donors (Lipinski definition) is 0. The van der Waals surface area contributed by atoms with E-state index in [0.29, 0.717) is 13.0 Å². The van der Waals surface area contributed by atoms with Crippen LogP contribution in [0.3, 0.4) is 0 Å². The molecule has 0 N–H and O–H groups in total. The van der Waals surface area contributed by atoms with E-state index in [1.54, 1.807) is 0 Å². The summed E-state index contributed by atoms with van der Waals surface area (Å²) in [4.78, 5) is 24.1. The van der Waals surface area contributed by atoms with Crippen molar-refractivity contribution in [2.75, 3.05) is 20.1 Å². The highest BCUT2D eigenvalue weighted by molar-refractivity contribution is 6.02. The van der Waals surface area contributed by atoms with Crippen LogP contribution < -0.4 is 0 Å². The molecule has 1 rings (SSSR count). The molecule has 0 radical (unpaired) electrons. The predicted molar refractivity (Wildman–Crippen MR) is 41.3 cm³/mol. The van der Waals surface area contributed by atoms with Crippen molar-refractivity contribution in [3.05, 3.63) is 0 Å². The highest BCUT2D eigenvalue weighted by Gasteiger charge is 2.28. The van der Waals surface area contributed by atoms with E-state index in [1.807, 2.05) is 11.9 Å². The second kappa shape index (κ2) is 3.13. The molecule has 0 bridgehead atoms. The van der Waals surface area contributed by atoms with Gasteiger partial charge >= 0.3 is 0 Å². The van der Waals surface area contributed by atoms with E-state index in [2.05, 4.69) is 0 Å². The molecule has 11 heavy (non-hydrogen) atoms. The standard InChI is InChI=1S/C8H13NO2/c1-6(10)7-5-9(2)4-3-8(7)11/h7H,3-5H2,1-2H3/t7-/m1/s1. The van der Waals surface area contributed by atoms with Crippen LogP contribution in [-0.4, -0.2) is 36.6 Å². The Bertz CT molecular complexity index is 189. The maximum Gasteiger partial charge on any atom is 0.145 e. The molecule has 0 aromatic carbocycles. The molecule has 0 amide bonds. The van der Waals surface area contributed by atoms with Gasteiger partial charge in [0, 0.05) is 19.5 Å². The Labute approximate surface area is 66.4 Å². The first-order chi connectivity index (χ1) is 5.11. The Morgan fingerprint density at radius 2 is 2.27 bits per heavy atom. The molecule has 0 spiro atoms. The number of carbonyl (C=O) groups is 2. The number of nitrogens with zero attached hydrogens (tertiary/aromatic N) is 1. The fourth-order valence-corrected chi connectivity index (χ4v) is 1.34. The normalized spacial score (nSPS) is 27.1. The van der Waals surface area contributed by atoms with Gasteiger partial charge in [-0.2, -0.15) is 0 Å². The van der Waals surface area contributed by atoms with Crippen LogP contribution in [0.1, 0.15) is 13.3 Å². The summed E-state index contributed by atoms with van der Waals surface area (Å²) >= 11 is 0. The number of rotatable bonds is 1. The van der Waals surface area contributed by atoms with Crippen LogP contribution in [0.2, 0.25) is 0 Å². The van der Waals surface area contributed by atoms with E-state index >= 15 is 0 Å². The Balaban J connectivity index is 2.61. The van der Waals surface area contributed by atoms with Gasteiger partial charge in [0.05, 0.1) is 5.92 Å². The summed E-state index contributed by atoms with van der Waals surface area (Å²) in [6.45, 7) is 2.89. The summed E-state index contributed by atoms with van der Waals surface area (Å²) < 4.78 is 0. The summed E-state index contributed by atoms with van der Waals surface area (Å²) in [7, 11) is 1.93. The van der Waals surface area contributed by atoms with Crippen molar-refractivity contribution in [1.82, 2.24) is 4.90 Å². The Morgan fingerprint density at radius 1 is 1.64 bits per heavy atom.